The van der Waals surface area contributed by atoms with Gasteiger partial charge in [-0.3, -0.25) is 10.2 Å². The smallest absolute Gasteiger partial charge is 0.333 e. The third kappa shape index (κ3) is 5.91. The van der Waals surface area contributed by atoms with Gasteiger partial charge in [-0.05, 0) is 26.2 Å². The fourth-order valence-electron chi connectivity index (χ4n) is 1.07. The van der Waals surface area contributed by atoms with Crippen molar-refractivity contribution in [3.8, 4) is 0 Å². The Balaban J connectivity index is 2.09. The van der Waals surface area contributed by atoms with Crippen LogP contribution in [-0.2, 0) is 9.53 Å². The van der Waals surface area contributed by atoms with Gasteiger partial charge in [-0.25, -0.2) is 10.2 Å². The molecule has 0 aliphatic heterocycles. The van der Waals surface area contributed by atoms with Gasteiger partial charge in [0.1, 0.15) is 6.10 Å². The van der Waals surface area contributed by atoms with Crippen LogP contribution in [0.5, 0.6) is 0 Å². The van der Waals surface area contributed by atoms with Crippen LogP contribution in [0.3, 0.4) is 0 Å². The van der Waals surface area contributed by atoms with Crippen molar-refractivity contribution in [1.82, 2.24) is 16.2 Å². The van der Waals surface area contributed by atoms with E-state index in [9.17, 15) is 9.59 Å². The van der Waals surface area contributed by atoms with Crippen molar-refractivity contribution in [3.63, 3.8) is 0 Å². The number of amides is 3. The van der Waals surface area contributed by atoms with E-state index in [1.165, 1.54) is 0 Å². The molecule has 0 spiro atoms. The van der Waals surface area contributed by atoms with E-state index < -0.39 is 6.10 Å². The van der Waals surface area contributed by atoms with Crippen molar-refractivity contribution in [2.24, 2.45) is 0 Å². The number of urea groups is 1. The summed E-state index contributed by atoms with van der Waals surface area (Å²) in [5.41, 5.74) is 4.57. The maximum Gasteiger partial charge on any atom is 0.333 e. The molecule has 1 unspecified atom stereocenters. The molecule has 1 aliphatic carbocycles. The van der Waals surface area contributed by atoms with E-state index in [-0.39, 0.29) is 18.0 Å². The summed E-state index contributed by atoms with van der Waals surface area (Å²) in [5, 5.41) is 2.68. The molecule has 3 amide bonds. The summed E-state index contributed by atoms with van der Waals surface area (Å²) in [6.07, 6.45) is 3.81. The zero-order valence-corrected chi connectivity index (χ0v) is 9.99. The van der Waals surface area contributed by atoms with Gasteiger partial charge in [-0.1, -0.05) is 6.08 Å². The largest absolute Gasteiger partial charge is 0.368 e. The molecule has 0 heterocycles. The molecule has 6 heteroatoms. The maximum absolute atomic E-state index is 11.4. The Morgan fingerprint density at radius 2 is 2.18 bits per heavy atom. The molecular formula is C11H19N3O3. The number of carbonyl (C=O) groups is 2. The Kier molecular flexibility index (Phi) is 5.48. The fraction of sp³-hybridized carbons (Fsp3) is 0.636. The molecule has 1 atom stereocenters. The molecule has 0 bridgehead atoms. The third-order valence-corrected chi connectivity index (χ3v) is 2.27. The second-order valence-corrected chi connectivity index (χ2v) is 3.95. The number of ether oxygens (including phenoxy) is 1. The van der Waals surface area contributed by atoms with Gasteiger partial charge in [0.25, 0.3) is 5.91 Å². The molecule has 3 N–H and O–H groups in total. The summed E-state index contributed by atoms with van der Waals surface area (Å²) < 4.78 is 5.21. The summed E-state index contributed by atoms with van der Waals surface area (Å²) >= 11 is 0. The number of carbonyl (C=O) groups excluding carboxylic acids is 2. The Morgan fingerprint density at radius 1 is 1.47 bits per heavy atom. The molecule has 0 aromatic heterocycles. The molecule has 0 aromatic rings. The SMILES string of the molecule is C=CCCOC(C)C(=O)NNC(=O)NC1CC1. The number of hydrogen-bond donors (Lipinski definition) is 3. The molecule has 96 valence electrons. The second-order valence-electron chi connectivity index (χ2n) is 3.95. The quantitative estimate of drug-likeness (QED) is 0.359. The highest BCUT2D eigenvalue weighted by Crippen LogP contribution is 2.17. The molecular weight excluding hydrogens is 222 g/mol. The molecule has 1 fully saturated rings. The van der Waals surface area contributed by atoms with Crippen LogP contribution in [0.15, 0.2) is 12.7 Å². The molecule has 0 aromatic carbocycles. The lowest BCUT2D eigenvalue weighted by Crippen LogP contribution is -2.50. The van der Waals surface area contributed by atoms with Crippen LogP contribution in [0.1, 0.15) is 26.2 Å². The van der Waals surface area contributed by atoms with Gasteiger partial charge < -0.3 is 10.1 Å². The molecule has 1 rings (SSSR count). The zero-order valence-electron chi connectivity index (χ0n) is 9.99. The van der Waals surface area contributed by atoms with Gasteiger partial charge in [0.05, 0.1) is 6.61 Å². The number of nitrogens with one attached hydrogen (secondary N) is 3. The highest BCUT2D eigenvalue weighted by molar-refractivity contribution is 5.83. The van der Waals surface area contributed by atoms with E-state index in [2.05, 4.69) is 22.7 Å². The van der Waals surface area contributed by atoms with E-state index >= 15 is 0 Å². The zero-order chi connectivity index (χ0) is 12.7. The summed E-state index contributed by atoms with van der Waals surface area (Å²) in [6.45, 7) is 5.61. The predicted octanol–water partition coefficient (Wildman–Crippen LogP) is 0.460. The van der Waals surface area contributed by atoms with E-state index in [4.69, 9.17) is 4.74 Å². The van der Waals surface area contributed by atoms with Gasteiger partial charge in [0.15, 0.2) is 0 Å². The highest BCUT2D eigenvalue weighted by atomic mass is 16.5. The van der Waals surface area contributed by atoms with Gasteiger partial charge in [0.2, 0.25) is 0 Å². The van der Waals surface area contributed by atoms with Crippen LogP contribution in [0.4, 0.5) is 4.79 Å². The first-order valence-corrected chi connectivity index (χ1v) is 5.72. The van der Waals surface area contributed by atoms with Gasteiger partial charge in [0, 0.05) is 6.04 Å². The average Bonchev–Trinajstić information content (AvgIpc) is 3.10. The van der Waals surface area contributed by atoms with Crippen LogP contribution in [0, 0.1) is 0 Å². The first-order valence-electron chi connectivity index (χ1n) is 5.72. The normalized spacial score (nSPS) is 15.8. The van der Waals surface area contributed by atoms with E-state index in [0.717, 1.165) is 12.8 Å². The molecule has 0 saturated heterocycles. The topological polar surface area (TPSA) is 79.5 Å². The Morgan fingerprint density at radius 3 is 2.76 bits per heavy atom. The number of hydrazine groups is 1. The van der Waals surface area contributed by atoms with Crippen molar-refractivity contribution in [2.45, 2.75) is 38.3 Å². The van der Waals surface area contributed by atoms with E-state index in [0.29, 0.717) is 13.0 Å². The Bertz CT molecular complexity index is 290. The predicted molar refractivity (Wildman–Crippen MR) is 63.1 cm³/mol. The first kappa shape index (κ1) is 13.5. The fourth-order valence-corrected chi connectivity index (χ4v) is 1.07. The van der Waals surface area contributed by atoms with Crippen LogP contribution in [-0.4, -0.2) is 30.7 Å². The lowest BCUT2D eigenvalue weighted by molar-refractivity contribution is -0.132. The monoisotopic (exact) mass is 241 g/mol. The van der Waals surface area contributed by atoms with Gasteiger partial charge in [-0.15, -0.1) is 6.58 Å². The van der Waals surface area contributed by atoms with E-state index in [1.807, 2.05) is 0 Å². The van der Waals surface area contributed by atoms with Crippen LogP contribution >= 0.6 is 0 Å². The molecule has 1 aliphatic rings. The molecule has 6 nitrogen and oxygen atoms in total. The molecule has 1 saturated carbocycles. The summed E-state index contributed by atoms with van der Waals surface area (Å²) in [7, 11) is 0. The van der Waals surface area contributed by atoms with Crippen LogP contribution in [0.2, 0.25) is 0 Å². The highest BCUT2D eigenvalue weighted by Gasteiger charge is 2.23. The minimum absolute atomic E-state index is 0.258. The maximum atomic E-state index is 11.4. The average molecular weight is 241 g/mol. The van der Waals surface area contributed by atoms with Crippen molar-refractivity contribution in [2.75, 3.05) is 6.61 Å². The standard InChI is InChI=1S/C11H19N3O3/c1-3-4-7-17-8(2)10(15)13-14-11(16)12-9-5-6-9/h3,8-9H,1,4-7H2,2H3,(H,13,15)(H2,12,14,16). The van der Waals surface area contributed by atoms with Gasteiger partial charge >= 0.3 is 6.03 Å². The third-order valence-electron chi connectivity index (χ3n) is 2.27. The minimum Gasteiger partial charge on any atom is -0.368 e. The Hall–Kier alpha value is -1.56. The lowest BCUT2D eigenvalue weighted by atomic mass is 10.4. The van der Waals surface area contributed by atoms with Crippen molar-refractivity contribution >= 4 is 11.9 Å². The molecule has 0 radical (unpaired) electrons. The first-order chi connectivity index (χ1) is 8.13. The van der Waals surface area contributed by atoms with Crippen LogP contribution in [0.25, 0.3) is 0 Å². The summed E-state index contributed by atoms with van der Waals surface area (Å²) in [6, 6.07) is -0.132. The van der Waals surface area contributed by atoms with Crippen molar-refractivity contribution in [3.05, 3.63) is 12.7 Å². The van der Waals surface area contributed by atoms with E-state index in [1.54, 1.807) is 13.0 Å². The Labute approximate surface area is 101 Å². The van der Waals surface area contributed by atoms with Gasteiger partial charge in [-0.2, -0.15) is 0 Å². The summed E-state index contributed by atoms with van der Waals surface area (Å²) in [5.74, 6) is -0.375. The van der Waals surface area contributed by atoms with Crippen LogP contribution < -0.4 is 16.2 Å². The lowest BCUT2D eigenvalue weighted by Gasteiger charge is -2.13. The van der Waals surface area contributed by atoms with Crippen molar-refractivity contribution < 1.29 is 14.3 Å². The minimum atomic E-state index is -0.601. The number of hydrogen-bond acceptors (Lipinski definition) is 3. The molecule has 17 heavy (non-hydrogen) atoms. The summed E-state index contributed by atoms with van der Waals surface area (Å²) in [4.78, 5) is 22.6. The number of rotatable bonds is 6. The van der Waals surface area contributed by atoms with Crippen molar-refractivity contribution in [1.29, 1.82) is 0 Å². The second kappa shape index (κ2) is 6.90.